The summed E-state index contributed by atoms with van der Waals surface area (Å²) in [6.07, 6.45) is 1.04. The molecule has 1 amide bonds. The first-order valence-corrected chi connectivity index (χ1v) is 14.5. The Kier molecular flexibility index (Phi) is 8.54. The van der Waals surface area contributed by atoms with Crippen LogP contribution < -0.4 is 9.62 Å². The largest absolute Gasteiger partial charge is 0.494 e. The minimum atomic E-state index is -3.72. The molecular formula is C29H30N4O6S. The van der Waals surface area contributed by atoms with Crippen LogP contribution >= 0.6 is 0 Å². The lowest BCUT2D eigenvalue weighted by Gasteiger charge is -2.21. The van der Waals surface area contributed by atoms with E-state index >= 15 is 0 Å². The maximum atomic E-state index is 12.4. The molecule has 0 saturated heterocycles. The van der Waals surface area contributed by atoms with E-state index < -0.39 is 21.9 Å². The van der Waals surface area contributed by atoms with Crippen molar-refractivity contribution >= 4 is 49.9 Å². The van der Waals surface area contributed by atoms with Crippen LogP contribution in [0.25, 0.3) is 10.9 Å². The average Bonchev–Trinajstić information content (AvgIpc) is 3.25. The number of carbonyl (C=O) groups is 2. The third-order valence-corrected chi connectivity index (χ3v) is 7.15. The SMILES string of the molecule is CCNC(=O)CN(c1ccc(N=C(c2ccccc2)c2c(O)[nH]c3cc(C(=O)OCC)ccc23)cc1)S(C)(=O)=O. The molecule has 40 heavy (non-hydrogen) atoms. The zero-order valence-corrected chi connectivity index (χ0v) is 23.2. The van der Waals surface area contributed by atoms with E-state index in [1.165, 1.54) is 0 Å². The molecule has 0 aliphatic rings. The van der Waals surface area contributed by atoms with Crippen molar-refractivity contribution in [3.8, 4) is 5.88 Å². The number of aliphatic imine (C=N–C) groups is 1. The van der Waals surface area contributed by atoms with Crippen molar-refractivity contribution in [3.63, 3.8) is 0 Å². The maximum Gasteiger partial charge on any atom is 0.338 e. The van der Waals surface area contributed by atoms with Crippen molar-refractivity contribution in [1.29, 1.82) is 0 Å². The van der Waals surface area contributed by atoms with Gasteiger partial charge in [0, 0.05) is 23.0 Å². The van der Waals surface area contributed by atoms with Crippen LogP contribution in [0.5, 0.6) is 5.88 Å². The van der Waals surface area contributed by atoms with Gasteiger partial charge in [0.05, 0.1) is 41.1 Å². The molecule has 0 saturated carbocycles. The molecular weight excluding hydrogens is 532 g/mol. The van der Waals surface area contributed by atoms with E-state index in [-0.39, 0.29) is 19.0 Å². The predicted octanol–water partition coefficient (Wildman–Crippen LogP) is 4.12. The minimum Gasteiger partial charge on any atom is -0.494 e. The first-order valence-electron chi connectivity index (χ1n) is 12.6. The third kappa shape index (κ3) is 6.32. The summed E-state index contributed by atoms with van der Waals surface area (Å²) in [5, 5.41) is 14.2. The number of ether oxygens (including phenoxy) is 1. The molecule has 0 aliphatic heterocycles. The van der Waals surface area contributed by atoms with Gasteiger partial charge in [0.25, 0.3) is 0 Å². The van der Waals surface area contributed by atoms with Gasteiger partial charge in [-0.3, -0.25) is 9.10 Å². The molecule has 208 valence electrons. The fourth-order valence-corrected chi connectivity index (χ4v) is 5.09. The number of rotatable bonds is 10. The number of hydrogen-bond donors (Lipinski definition) is 3. The summed E-state index contributed by atoms with van der Waals surface area (Å²) in [4.78, 5) is 32.1. The van der Waals surface area contributed by atoms with Gasteiger partial charge < -0.3 is 20.1 Å². The first kappa shape index (κ1) is 28.4. The molecule has 3 N–H and O–H groups in total. The van der Waals surface area contributed by atoms with Crippen LogP contribution in [0.1, 0.15) is 35.3 Å². The lowest BCUT2D eigenvalue weighted by Crippen LogP contribution is -2.40. The number of likely N-dealkylation sites (N-methyl/N-ethyl adjacent to an activating group) is 1. The third-order valence-electron chi connectivity index (χ3n) is 6.01. The molecule has 11 heteroatoms. The fraction of sp³-hybridized carbons (Fsp3) is 0.207. The van der Waals surface area contributed by atoms with Crippen molar-refractivity contribution in [2.75, 3.05) is 30.3 Å². The molecule has 0 aliphatic carbocycles. The number of benzene rings is 3. The standard InChI is InChI=1S/C29H30N4O6S/c1-4-30-25(34)18-33(40(3,37)38)22-14-12-21(13-15-22)31-27(19-9-7-6-8-10-19)26-23-16-11-20(29(36)39-5-2)17-24(23)32-28(26)35/h6-17,32,35H,4-5,18H2,1-3H3,(H,30,34). The first-order chi connectivity index (χ1) is 19.1. The second-order valence-electron chi connectivity index (χ2n) is 8.90. The van der Waals surface area contributed by atoms with E-state index in [4.69, 9.17) is 9.73 Å². The number of amides is 1. The summed E-state index contributed by atoms with van der Waals surface area (Å²) in [6.45, 7) is 3.77. The number of nitrogens with zero attached hydrogens (tertiary/aromatic N) is 2. The highest BCUT2D eigenvalue weighted by Gasteiger charge is 2.22. The Morgan fingerprint density at radius 2 is 1.70 bits per heavy atom. The molecule has 0 spiro atoms. The zero-order chi connectivity index (χ0) is 28.9. The van der Waals surface area contributed by atoms with Gasteiger partial charge in [0.2, 0.25) is 15.9 Å². The highest BCUT2D eigenvalue weighted by molar-refractivity contribution is 7.92. The summed E-state index contributed by atoms with van der Waals surface area (Å²) in [5.41, 5.74) is 3.32. The number of H-pyrrole nitrogens is 1. The summed E-state index contributed by atoms with van der Waals surface area (Å²) in [6, 6.07) is 20.7. The number of carbonyl (C=O) groups excluding carboxylic acids is 2. The zero-order valence-electron chi connectivity index (χ0n) is 22.3. The second kappa shape index (κ2) is 12.0. The van der Waals surface area contributed by atoms with Crippen LogP contribution in [0.4, 0.5) is 11.4 Å². The predicted molar refractivity (Wildman–Crippen MR) is 155 cm³/mol. The Labute approximate surface area is 232 Å². The van der Waals surface area contributed by atoms with E-state index in [2.05, 4.69) is 10.3 Å². The number of aromatic amines is 1. The van der Waals surface area contributed by atoms with Gasteiger partial charge in [-0.25, -0.2) is 18.2 Å². The molecule has 3 aromatic carbocycles. The van der Waals surface area contributed by atoms with Crippen LogP contribution in [0.15, 0.2) is 77.8 Å². The molecule has 4 rings (SSSR count). The number of aromatic hydroxyl groups is 1. The number of anilines is 1. The van der Waals surface area contributed by atoms with E-state index in [0.29, 0.717) is 45.7 Å². The molecule has 0 radical (unpaired) electrons. The van der Waals surface area contributed by atoms with Crippen molar-refractivity contribution in [3.05, 3.63) is 89.5 Å². The number of sulfonamides is 1. The number of nitrogens with one attached hydrogen (secondary N) is 2. The highest BCUT2D eigenvalue weighted by Crippen LogP contribution is 2.32. The Bertz CT molecular complexity index is 1660. The Morgan fingerprint density at radius 3 is 2.33 bits per heavy atom. The summed E-state index contributed by atoms with van der Waals surface area (Å²) >= 11 is 0. The maximum absolute atomic E-state index is 12.4. The Balaban J connectivity index is 1.78. The normalized spacial score (nSPS) is 11.8. The van der Waals surface area contributed by atoms with Gasteiger partial charge in [-0.05, 0) is 50.2 Å². The molecule has 1 heterocycles. The molecule has 4 aromatic rings. The van der Waals surface area contributed by atoms with Gasteiger partial charge in [0.15, 0.2) is 5.88 Å². The molecule has 10 nitrogen and oxygen atoms in total. The fourth-order valence-electron chi connectivity index (χ4n) is 4.23. The number of hydrogen-bond acceptors (Lipinski definition) is 7. The van der Waals surface area contributed by atoms with E-state index in [1.54, 1.807) is 56.3 Å². The van der Waals surface area contributed by atoms with Crippen molar-refractivity contribution < 1.29 is 27.9 Å². The van der Waals surface area contributed by atoms with Crippen LogP contribution in [-0.2, 0) is 19.6 Å². The van der Waals surface area contributed by atoms with Crippen molar-refractivity contribution in [2.24, 2.45) is 4.99 Å². The lowest BCUT2D eigenvalue weighted by molar-refractivity contribution is -0.119. The quantitative estimate of drug-likeness (QED) is 0.196. The molecule has 0 bridgehead atoms. The van der Waals surface area contributed by atoms with Crippen LogP contribution in [0, 0.1) is 0 Å². The van der Waals surface area contributed by atoms with Gasteiger partial charge >= 0.3 is 5.97 Å². The van der Waals surface area contributed by atoms with Gasteiger partial charge in [-0.2, -0.15) is 0 Å². The van der Waals surface area contributed by atoms with Gasteiger partial charge in [-0.15, -0.1) is 0 Å². The molecule has 0 atom stereocenters. The summed E-state index contributed by atoms with van der Waals surface area (Å²) in [5.74, 6) is -1.00. The topological polar surface area (TPSA) is 141 Å². The smallest absolute Gasteiger partial charge is 0.338 e. The van der Waals surface area contributed by atoms with E-state index in [9.17, 15) is 23.1 Å². The summed E-state index contributed by atoms with van der Waals surface area (Å²) in [7, 11) is -3.72. The number of fused-ring (bicyclic) bond motifs is 1. The van der Waals surface area contributed by atoms with Crippen LogP contribution in [-0.4, -0.2) is 62.0 Å². The summed E-state index contributed by atoms with van der Waals surface area (Å²) < 4.78 is 30.9. The highest BCUT2D eigenvalue weighted by atomic mass is 32.2. The molecule has 0 fully saturated rings. The van der Waals surface area contributed by atoms with Crippen molar-refractivity contribution in [1.82, 2.24) is 10.3 Å². The molecule has 0 unspecified atom stereocenters. The number of esters is 1. The molecule has 1 aromatic heterocycles. The van der Waals surface area contributed by atoms with Crippen molar-refractivity contribution in [2.45, 2.75) is 13.8 Å². The number of aromatic nitrogens is 1. The van der Waals surface area contributed by atoms with Crippen LogP contribution in [0.3, 0.4) is 0 Å². The second-order valence-corrected chi connectivity index (χ2v) is 10.8. The van der Waals surface area contributed by atoms with E-state index in [0.717, 1.165) is 16.1 Å². The van der Waals surface area contributed by atoms with Gasteiger partial charge in [0.1, 0.15) is 6.54 Å². The van der Waals surface area contributed by atoms with E-state index in [1.807, 2.05) is 30.3 Å². The lowest BCUT2D eigenvalue weighted by atomic mass is 10.00. The monoisotopic (exact) mass is 562 g/mol. The van der Waals surface area contributed by atoms with Gasteiger partial charge in [-0.1, -0.05) is 36.4 Å². The van der Waals surface area contributed by atoms with Crippen LogP contribution in [0.2, 0.25) is 0 Å². The minimum absolute atomic E-state index is 0.125. The average molecular weight is 563 g/mol. The Hall–Kier alpha value is -4.64. The Morgan fingerprint density at radius 1 is 1.00 bits per heavy atom.